The van der Waals surface area contributed by atoms with Crippen molar-refractivity contribution in [1.82, 2.24) is 19.5 Å². The van der Waals surface area contributed by atoms with Crippen molar-refractivity contribution in [1.29, 1.82) is 0 Å². The van der Waals surface area contributed by atoms with Crippen molar-refractivity contribution in [3.05, 3.63) is 30.2 Å². The Labute approximate surface area is 127 Å². The van der Waals surface area contributed by atoms with Gasteiger partial charge in [-0.15, -0.1) is 10.2 Å². The number of aromatic nitrogens is 3. The van der Waals surface area contributed by atoms with Crippen molar-refractivity contribution in [2.75, 3.05) is 7.05 Å². The lowest BCUT2D eigenvalue weighted by Gasteiger charge is -2.41. The smallest absolute Gasteiger partial charge is 0.329 e. The monoisotopic (exact) mass is 302 g/mol. The fourth-order valence-corrected chi connectivity index (χ4v) is 3.17. The highest BCUT2D eigenvalue weighted by atomic mass is 16.4. The van der Waals surface area contributed by atoms with Crippen LogP contribution >= 0.6 is 0 Å². The highest BCUT2D eigenvalue weighted by Crippen LogP contribution is 2.34. The Hall–Kier alpha value is -2.44. The van der Waals surface area contributed by atoms with Crippen molar-refractivity contribution in [2.24, 2.45) is 0 Å². The van der Waals surface area contributed by atoms with E-state index in [1.54, 1.807) is 29.8 Å². The molecule has 1 aliphatic rings. The third kappa shape index (κ3) is 2.22. The molecule has 2 aromatic rings. The van der Waals surface area contributed by atoms with Gasteiger partial charge in [-0.25, -0.2) is 4.79 Å². The predicted octanol–water partition coefficient (Wildman–Crippen LogP) is 1.59. The van der Waals surface area contributed by atoms with Crippen LogP contribution in [0.3, 0.4) is 0 Å². The number of aliphatic carboxylic acids is 1. The van der Waals surface area contributed by atoms with Crippen LogP contribution in [0.4, 0.5) is 0 Å². The fraction of sp³-hybridized carbons (Fsp3) is 0.467. The molecule has 2 aromatic heterocycles. The average molecular weight is 302 g/mol. The molecule has 1 aliphatic carbocycles. The van der Waals surface area contributed by atoms with Crippen LogP contribution in [0.5, 0.6) is 0 Å². The van der Waals surface area contributed by atoms with Gasteiger partial charge in [0.05, 0.1) is 5.56 Å². The fourth-order valence-electron chi connectivity index (χ4n) is 3.17. The lowest BCUT2D eigenvalue weighted by Crippen LogP contribution is -2.56. The van der Waals surface area contributed by atoms with Crippen LogP contribution in [0.2, 0.25) is 0 Å². The van der Waals surface area contributed by atoms with Gasteiger partial charge in [-0.05, 0) is 25.0 Å². The van der Waals surface area contributed by atoms with Gasteiger partial charge in [0.1, 0.15) is 11.9 Å². The second kappa shape index (κ2) is 5.40. The van der Waals surface area contributed by atoms with E-state index in [1.165, 1.54) is 11.2 Å². The first-order valence-corrected chi connectivity index (χ1v) is 7.35. The van der Waals surface area contributed by atoms with Gasteiger partial charge in [-0.3, -0.25) is 9.20 Å². The summed E-state index contributed by atoms with van der Waals surface area (Å²) in [6.07, 6.45) is 6.82. The van der Waals surface area contributed by atoms with E-state index in [2.05, 4.69) is 10.2 Å². The molecule has 3 rings (SSSR count). The van der Waals surface area contributed by atoms with Crippen molar-refractivity contribution in [3.63, 3.8) is 0 Å². The molecule has 0 spiro atoms. The van der Waals surface area contributed by atoms with Crippen molar-refractivity contribution in [3.8, 4) is 0 Å². The number of amides is 1. The zero-order chi connectivity index (χ0) is 15.7. The van der Waals surface area contributed by atoms with E-state index >= 15 is 0 Å². The minimum Gasteiger partial charge on any atom is -0.479 e. The number of carbonyl (C=O) groups is 2. The SMILES string of the molecule is CN(C(=O)c1ccc2nncn2c1)C1(C(=O)O)CCCCC1. The Morgan fingerprint density at radius 3 is 2.68 bits per heavy atom. The largest absolute Gasteiger partial charge is 0.479 e. The molecule has 0 aromatic carbocycles. The first-order valence-electron chi connectivity index (χ1n) is 7.35. The molecule has 0 aliphatic heterocycles. The summed E-state index contributed by atoms with van der Waals surface area (Å²) in [6, 6.07) is 3.35. The number of likely N-dealkylation sites (N-methyl/N-ethyl adjacent to an activating group) is 1. The van der Waals surface area contributed by atoms with Gasteiger partial charge in [-0.2, -0.15) is 0 Å². The zero-order valence-corrected chi connectivity index (χ0v) is 12.4. The normalized spacial score (nSPS) is 17.3. The molecule has 0 atom stereocenters. The van der Waals surface area contributed by atoms with Crippen molar-refractivity contribution < 1.29 is 14.7 Å². The molecule has 1 saturated carbocycles. The van der Waals surface area contributed by atoms with Crippen molar-refractivity contribution >= 4 is 17.5 Å². The second-order valence-corrected chi connectivity index (χ2v) is 5.78. The molecule has 7 heteroatoms. The number of hydrogen-bond acceptors (Lipinski definition) is 4. The van der Waals surface area contributed by atoms with Gasteiger partial charge in [0.15, 0.2) is 5.65 Å². The zero-order valence-electron chi connectivity index (χ0n) is 12.4. The van der Waals surface area contributed by atoms with Gasteiger partial charge >= 0.3 is 5.97 Å². The Balaban J connectivity index is 1.93. The minimum atomic E-state index is -1.10. The topological polar surface area (TPSA) is 87.8 Å². The first kappa shape index (κ1) is 14.5. The molecule has 22 heavy (non-hydrogen) atoms. The van der Waals surface area contributed by atoms with Gasteiger partial charge < -0.3 is 10.0 Å². The third-order valence-corrected chi connectivity index (χ3v) is 4.56. The number of carboxylic acid groups (broad SMARTS) is 1. The van der Waals surface area contributed by atoms with Gasteiger partial charge in [0.25, 0.3) is 5.91 Å². The summed E-state index contributed by atoms with van der Waals surface area (Å²) < 4.78 is 1.65. The molecule has 1 N–H and O–H groups in total. The van der Waals surface area contributed by atoms with Crippen molar-refractivity contribution in [2.45, 2.75) is 37.6 Å². The summed E-state index contributed by atoms with van der Waals surface area (Å²) >= 11 is 0. The Bertz CT molecular complexity index is 718. The van der Waals surface area contributed by atoms with Crippen LogP contribution in [-0.4, -0.2) is 49.1 Å². The molecule has 2 heterocycles. The van der Waals surface area contributed by atoms with Crippen LogP contribution in [0.15, 0.2) is 24.7 Å². The quantitative estimate of drug-likeness (QED) is 0.930. The number of fused-ring (bicyclic) bond motifs is 1. The Morgan fingerprint density at radius 1 is 1.27 bits per heavy atom. The summed E-state index contributed by atoms with van der Waals surface area (Å²) in [5, 5.41) is 17.3. The summed E-state index contributed by atoms with van der Waals surface area (Å²) in [7, 11) is 1.58. The van der Waals surface area contributed by atoms with Gasteiger partial charge in [0, 0.05) is 13.2 Å². The van der Waals surface area contributed by atoms with Crippen LogP contribution in [0.1, 0.15) is 42.5 Å². The number of carbonyl (C=O) groups excluding carboxylic acids is 1. The molecular formula is C15H18N4O3. The van der Waals surface area contributed by atoms with E-state index in [-0.39, 0.29) is 5.91 Å². The molecular weight excluding hydrogens is 284 g/mol. The van der Waals surface area contributed by atoms with Crippen LogP contribution in [0, 0.1) is 0 Å². The van der Waals surface area contributed by atoms with Crippen LogP contribution in [0.25, 0.3) is 5.65 Å². The molecule has 0 radical (unpaired) electrons. The van der Waals surface area contributed by atoms with Crippen LogP contribution in [-0.2, 0) is 4.79 Å². The molecule has 116 valence electrons. The average Bonchev–Trinajstić information content (AvgIpc) is 3.01. The number of nitrogens with zero attached hydrogens (tertiary/aromatic N) is 4. The van der Waals surface area contributed by atoms with E-state index in [0.29, 0.717) is 24.1 Å². The van der Waals surface area contributed by atoms with E-state index in [1.807, 2.05) is 0 Å². The second-order valence-electron chi connectivity index (χ2n) is 5.78. The molecule has 0 bridgehead atoms. The maximum Gasteiger partial charge on any atom is 0.329 e. The molecule has 7 nitrogen and oxygen atoms in total. The Morgan fingerprint density at radius 2 is 2.00 bits per heavy atom. The van der Waals surface area contributed by atoms with E-state index in [9.17, 15) is 14.7 Å². The van der Waals surface area contributed by atoms with Gasteiger partial charge in [-0.1, -0.05) is 19.3 Å². The number of hydrogen-bond donors (Lipinski definition) is 1. The van der Waals surface area contributed by atoms with Crippen LogP contribution < -0.4 is 0 Å². The maximum absolute atomic E-state index is 12.7. The standard InChI is InChI=1S/C15H18N4O3/c1-18(15(14(21)22)7-3-2-4-8-15)13(20)11-5-6-12-17-16-10-19(12)9-11/h5-6,9-10H,2-4,7-8H2,1H3,(H,21,22). The molecule has 1 amide bonds. The highest BCUT2D eigenvalue weighted by molar-refractivity contribution is 5.97. The Kier molecular flexibility index (Phi) is 3.56. The number of rotatable bonds is 3. The maximum atomic E-state index is 12.7. The predicted molar refractivity (Wildman–Crippen MR) is 78.5 cm³/mol. The van der Waals surface area contributed by atoms with E-state index in [0.717, 1.165) is 19.3 Å². The first-order chi connectivity index (χ1) is 10.5. The lowest BCUT2D eigenvalue weighted by molar-refractivity contribution is -0.151. The summed E-state index contributed by atoms with van der Waals surface area (Å²) in [6.45, 7) is 0. The lowest BCUT2D eigenvalue weighted by atomic mass is 9.80. The van der Waals surface area contributed by atoms with E-state index in [4.69, 9.17) is 0 Å². The number of carboxylic acids is 1. The molecule has 0 saturated heterocycles. The highest BCUT2D eigenvalue weighted by Gasteiger charge is 2.45. The molecule has 1 fully saturated rings. The number of pyridine rings is 1. The van der Waals surface area contributed by atoms with Gasteiger partial charge in [0.2, 0.25) is 0 Å². The van der Waals surface area contributed by atoms with E-state index < -0.39 is 11.5 Å². The summed E-state index contributed by atoms with van der Waals surface area (Å²) in [5.41, 5.74) is -0.0249. The summed E-state index contributed by atoms with van der Waals surface area (Å²) in [4.78, 5) is 25.9. The summed E-state index contributed by atoms with van der Waals surface area (Å²) in [5.74, 6) is -1.21. The third-order valence-electron chi connectivity index (χ3n) is 4.56. The molecule has 0 unspecified atom stereocenters. The minimum absolute atomic E-state index is 0.292.